The number of halogens is 1. The van der Waals surface area contributed by atoms with Crippen molar-refractivity contribution in [1.82, 2.24) is 0 Å². The van der Waals surface area contributed by atoms with Crippen LogP contribution in [0.15, 0.2) is 45.5 Å². The first-order chi connectivity index (χ1) is 6.77. The maximum absolute atomic E-state index is 9.96. The summed E-state index contributed by atoms with van der Waals surface area (Å²) in [5, 5.41) is 9.96. The minimum atomic E-state index is -0.553. The van der Waals surface area contributed by atoms with Gasteiger partial charge in [0.2, 0.25) is 0 Å². The Hall–Kier alpha value is -0.800. The van der Waals surface area contributed by atoms with E-state index in [1.54, 1.807) is 12.1 Å². The molecule has 1 aliphatic carbocycles. The van der Waals surface area contributed by atoms with Crippen molar-refractivity contribution in [3.63, 3.8) is 0 Å². The second kappa shape index (κ2) is 4.15. The SMILES string of the molecule is O[C@@H](c1ccc(Br)o1)[C@@H]1C=CC=CC1. The second-order valence-electron chi connectivity index (χ2n) is 3.30. The van der Waals surface area contributed by atoms with Crippen LogP contribution < -0.4 is 0 Å². The van der Waals surface area contributed by atoms with Crippen LogP contribution in [-0.2, 0) is 0 Å². The lowest BCUT2D eigenvalue weighted by Crippen LogP contribution is -2.10. The van der Waals surface area contributed by atoms with E-state index < -0.39 is 6.10 Å². The van der Waals surface area contributed by atoms with Crippen LogP contribution >= 0.6 is 15.9 Å². The number of furan rings is 1. The van der Waals surface area contributed by atoms with Gasteiger partial charge in [-0.2, -0.15) is 0 Å². The van der Waals surface area contributed by atoms with Crippen LogP contribution in [0.2, 0.25) is 0 Å². The lowest BCUT2D eigenvalue weighted by atomic mass is 9.93. The van der Waals surface area contributed by atoms with Crippen molar-refractivity contribution in [1.29, 1.82) is 0 Å². The molecule has 0 saturated heterocycles. The number of aliphatic hydroxyl groups is 1. The maximum Gasteiger partial charge on any atom is 0.169 e. The van der Waals surface area contributed by atoms with Gasteiger partial charge in [-0.3, -0.25) is 0 Å². The number of hydrogen-bond donors (Lipinski definition) is 1. The molecule has 0 aromatic carbocycles. The molecule has 74 valence electrons. The Morgan fingerprint density at radius 1 is 1.43 bits per heavy atom. The highest BCUT2D eigenvalue weighted by atomic mass is 79.9. The van der Waals surface area contributed by atoms with Crippen molar-refractivity contribution in [2.45, 2.75) is 12.5 Å². The van der Waals surface area contributed by atoms with E-state index in [2.05, 4.69) is 15.9 Å². The van der Waals surface area contributed by atoms with Gasteiger partial charge in [-0.1, -0.05) is 24.3 Å². The van der Waals surface area contributed by atoms with Crippen molar-refractivity contribution in [3.8, 4) is 0 Å². The van der Waals surface area contributed by atoms with Gasteiger partial charge in [0.1, 0.15) is 11.9 Å². The molecule has 3 heteroatoms. The smallest absolute Gasteiger partial charge is 0.169 e. The lowest BCUT2D eigenvalue weighted by molar-refractivity contribution is 0.106. The zero-order valence-electron chi connectivity index (χ0n) is 7.56. The Morgan fingerprint density at radius 2 is 2.29 bits per heavy atom. The van der Waals surface area contributed by atoms with Crippen LogP contribution in [0.25, 0.3) is 0 Å². The van der Waals surface area contributed by atoms with Gasteiger partial charge in [-0.25, -0.2) is 0 Å². The highest BCUT2D eigenvalue weighted by Gasteiger charge is 2.21. The summed E-state index contributed by atoms with van der Waals surface area (Å²) in [5.41, 5.74) is 0. The van der Waals surface area contributed by atoms with Gasteiger partial charge in [0.15, 0.2) is 4.67 Å². The van der Waals surface area contributed by atoms with Gasteiger partial charge in [-0.15, -0.1) is 0 Å². The molecule has 0 amide bonds. The summed E-state index contributed by atoms with van der Waals surface area (Å²) < 4.78 is 5.96. The van der Waals surface area contributed by atoms with E-state index in [4.69, 9.17) is 4.42 Å². The van der Waals surface area contributed by atoms with Crippen LogP contribution in [0.5, 0.6) is 0 Å². The van der Waals surface area contributed by atoms with Crippen molar-refractivity contribution >= 4 is 15.9 Å². The third-order valence-electron chi connectivity index (χ3n) is 2.30. The largest absolute Gasteiger partial charge is 0.452 e. The molecule has 0 bridgehead atoms. The van der Waals surface area contributed by atoms with E-state index in [0.717, 1.165) is 6.42 Å². The third kappa shape index (κ3) is 1.99. The summed E-state index contributed by atoms with van der Waals surface area (Å²) in [5.74, 6) is 0.736. The summed E-state index contributed by atoms with van der Waals surface area (Å²) in [6.45, 7) is 0. The average molecular weight is 255 g/mol. The predicted molar refractivity (Wildman–Crippen MR) is 57.8 cm³/mol. The van der Waals surface area contributed by atoms with Crippen LogP contribution in [-0.4, -0.2) is 5.11 Å². The Balaban J connectivity index is 2.11. The molecule has 1 N–H and O–H groups in total. The van der Waals surface area contributed by atoms with E-state index in [-0.39, 0.29) is 5.92 Å². The normalized spacial score (nSPS) is 22.6. The summed E-state index contributed by atoms with van der Waals surface area (Å²) in [4.78, 5) is 0. The van der Waals surface area contributed by atoms with Crippen molar-refractivity contribution < 1.29 is 9.52 Å². The Labute approximate surface area is 91.1 Å². The fourth-order valence-corrected chi connectivity index (χ4v) is 1.85. The average Bonchev–Trinajstić information content (AvgIpc) is 2.65. The standard InChI is InChI=1S/C11H11BrO2/c12-10-7-6-9(14-10)11(13)8-4-2-1-3-5-8/h1-4,6-8,11,13H,5H2/t8-,11-/m1/s1. The van der Waals surface area contributed by atoms with E-state index >= 15 is 0 Å². The molecule has 1 aromatic rings. The van der Waals surface area contributed by atoms with Gasteiger partial charge in [-0.05, 0) is 34.5 Å². The molecular formula is C11H11BrO2. The van der Waals surface area contributed by atoms with E-state index in [9.17, 15) is 5.11 Å². The van der Waals surface area contributed by atoms with Crippen molar-refractivity contribution in [3.05, 3.63) is 46.9 Å². The number of hydrogen-bond acceptors (Lipinski definition) is 2. The number of aliphatic hydroxyl groups excluding tert-OH is 1. The van der Waals surface area contributed by atoms with E-state index in [0.29, 0.717) is 10.4 Å². The molecule has 0 spiro atoms. The fraction of sp³-hybridized carbons (Fsp3) is 0.273. The van der Waals surface area contributed by atoms with E-state index in [1.165, 1.54) is 0 Å². The first-order valence-corrected chi connectivity index (χ1v) is 5.33. The van der Waals surface area contributed by atoms with Crippen LogP contribution in [0.4, 0.5) is 0 Å². The molecule has 0 saturated carbocycles. The highest BCUT2D eigenvalue weighted by Crippen LogP contribution is 2.30. The number of allylic oxidation sites excluding steroid dienone is 3. The Morgan fingerprint density at radius 3 is 2.86 bits per heavy atom. The quantitative estimate of drug-likeness (QED) is 0.880. The monoisotopic (exact) mass is 254 g/mol. The zero-order chi connectivity index (χ0) is 9.97. The lowest BCUT2D eigenvalue weighted by Gasteiger charge is -2.17. The van der Waals surface area contributed by atoms with Crippen LogP contribution in [0.3, 0.4) is 0 Å². The minimum Gasteiger partial charge on any atom is -0.452 e. The predicted octanol–water partition coefficient (Wildman–Crippen LogP) is 3.21. The summed E-state index contributed by atoms with van der Waals surface area (Å²) >= 11 is 3.21. The Kier molecular flexibility index (Phi) is 2.89. The molecule has 2 rings (SSSR count). The maximum atomic E-state index is 9.96. The van der Waals surface area contributed by atoms with Crippen molar-refractivity contribution in [2.75, 3.05) is 0 Å². The molecule has 2 nitrogen and oxygen atoms in total. The molecule has 1 heterocycles. The molecular weight excluding hydrogens is 244 g/mol. The molecule has 0 unspecified atom stereocenters. The zero-order valence-corrected chi connectivity index (χ0v) is 9.15. The molecule has 0 fully saturated rings. The van der Waals surface area contributed by atoms with Crippen molar-refractivity contribution in [2.24, 2.45) is 5.92 Å². The third-order valence-corrected chi connectivity index (χ3v) is 2.73. The minimum absolute atomic E-state index is 0.123. The fourth-order valence-electron chi connectivity index (χ4n) is 1.53. The Bertz CT molecular complexity index is 365. The van der Waals surface area contributed by atoms with Gasteiger partial charge in [0, 0.05) is 5.92 Å². The van der Waals surface area contributed by atoms with E-state index in [1.807, 2.05) is 24.3 Å². The number of rotatable bonds is 2. The molecule has 2 atom stereocenters. The highest BCUT2D eigenvalue weighted by molar-refractivity contribution is 9.10. The molecule has 1 aromatic heterocycles. The van der Waals surface area contributed by atoms with Crippen LogP contribution in [0, 0.1) is 5.92 Å². The van der Waals surface area contributed by atoms with Gasteiger partial charge >= 0.3 is 0 Å². The molecule has 0 aliphatic heterocycles. The van der Waals surface area contributed by atoms with Gasteiger partial charge in [0.05, 0.1) is 0 Å². The second-order valence-corrected chi connectivity index (χ2v) is 4.08. The van der Waals surface area contributed by atoms with Crippen LogP contribution in [0.1, 0.15) is 18.3 Å². The molecule has 1 aliphatic rings. The van der Waals surface area contributed by atoms with Gasteiger partial charge in [0.25, 0.3) is 0 Å². The summed E-state index contributed by atoms with van der Waals surface area (Å²) in [7, 11) is 0. The topological polar surface area (TPSA) is 33.4 Å². The first kappa shape index (κ1) is 9.74. The van der Waals surface area contributed by atoms with Gasteiger partial charge < -0.3 is 9.52 Å². The molecule has 14 heavy (non-hydrogen) atoms. The summed E-state index contributed by atoms with van der Waals surface area (Å²) in [6.07, 6.45) is 8.29. The summed E-state index contributed by atoms with van der Waals surface area (Å²) in [6, 6.07) is 3.59. The molecule has 0 radical (unpaired) electrons. The first-order valence-electron chi connectivity index (χ1n) is 4.54.